The third kappa shape index (κ3) is 3.43. The van der Waals surface area contributed by atoms with Gasteiger partial charge in [0.2, 0.25) is 5.78 Å². The lowest BCUT2D eigenvalue weighted by molar-refractivity contribution is -0.125. The van der Waals surface area contributed by atoms with Crippen LogP contribution >= 0.6 is 0 Å². The Bertz CT molecular complexity index is 497. The molecule has 3 rings (SSSR count). The van der Waals surface area contributed by atoms with E-state index in [1.165, 1.54) is 0 Å². The van der Waals surface area contributed by atoms with Crippen LogP contribution in [-0.4, -0.2) is 81.9 Å². The first-order valence-corrected chi connectivity index (χ1v) is 8.37. The van der Waals surface area contributed by atoms with Gasteiger partial charge in [-0.1, -0.05) is 0 Å². The minimum absolute atomic E-state index is 0.00246. The van der Waals surface area contributed by atoms with Crippen molar-refractivity contribution in [2.24, 2.45) is 0 Å². The molecule has 3 aliphatic rings. The fourth-order valence-corrected chi connectivity index (χ4v) is 3.42. The molecule has 2 heterocycles. The largest absolute Gasteiger partial charge is 0.382 e. The summed E-state index contributed by atoms with van der Waals surface area (Å²) in [7, 11) is 3.29. The van der Waals surface area contributed by atoms with Gasteiger partial charge < -0.3 is 34.7 Å². The fraction of sp³-hybridized carbons (Fsp3) is 0.812. The molecule has 0 aromatic rings. The fourth-order valence-electron chi connectivity index (χ4n) is 3.42. The number of methoxy groups -OCH3 is 2. The molecule has 2 saturated heterocycles. The van der Waals surface area contributed by atoms with Crippen LogP contribution in [0.4, 0.5) is 0 Å². The van der Waals surface area contributed by atoms with E-state index in [2.05, 4.69) is 10.6 Å². The van der Waals surface area contributed by atoms with Crippen molar-refractivity contribution >= 4 is 5.78 Å². The minimum atomic E-state index is -1.10. The molecule has 5 unspecified atom stereocenters. The van der Waals surface area contributed by atoms with Crippen molar-refractivity contribution in [3.63, 3.8) is 0 Å². The Labute approximate surface area is 141 Å². The van der Waals surface area contributed by atoms with Gasteiger partial charge in [-0.3, -0.25) is 4.79 Å². The number of aliphatic hydroxyl groups is 1. The summed E-state index contributed by atoms with van der Waals surface area (Å²) in [5.74, 6) is -0.295. The Kier molecular flexibility index (Phi) is 5.72. The lowest BCUT2D eigenvalue weighted by atomic mass is 9.93. The molecule has 2 aliphatic heterocycles. The maximum Gasteiger partial charge on any atom is 0.215 e. The Balaban J connectivity index is 1.60. The molecule has 24 heavy (non-hydrogen) atoms. The standard InChI is InChI=1S/C16H26N2O6/c1-21-8-12-9(3-5-24-12)18-14-13(15(19)16(14)20)17-7-11-10(22-2)4-6-23-11/h9-12,15,17-19H,3-8H2,1-2H3. The summed E-state index contributed by atoms with van der Waals surface area (Å²) < 4.78 is 21.7. The molecule has 3 N–H and O–H groups in total. The zero-order chi connectivity index (χ0) is 17.1. The number of ketones is 1. The number of hydrogen-bond donors (Lipinski definition) is 3. The second kappa shape index (κ2) is 7.79. The third-order valence-corrected chi connectivity index (χ3v) is 4.85. The number of Topliss-reactive ketones (excluding diaryl/α,β-unsaturated/α-hetero) is 1. The molecule has 0 spiro atoms. The molecule has 8 heteroatoms. The van der Waals surface area contributed by atoms with Gasteiger partial charge in [0.05, 0.1) is 24.4 Å². The van der Waals surface area contributed by atoms with E-state index in [1.54, 1.807) is 14.2 Å². The van der Waals surface area contributed by atoms with Gasteiger partial charge in [0.15, 0.2) is 6.10 Å². The predicted molar refractivity (Wildman–Crippen MR) is 84.4 cm³/mol. The topological polar surface area (TPSA) is 98.3 Å². The quantitative estimate of drug-likeness (QED) is 0.513. The van der Waals surface area contributed by atoms with Crippen LogP contribution in [0, 0.1) is 0 Å². The SMILES string of the molecule is COCC1OCCC1NC1=C(NCC2OCCC2OC)C(O)C1=O. The van der Waals surface area contributed by atoms with E-state index in [9.17, 15) is 9.90 Å². The third-order valence-electron chi connectivity index (χ3n) is 4.85. The smallest absolute Gasteiger partial charge is 0.215 e. The molecule has 8 nitrogen and oxygen atoms in total. The summed E-state index contributed by atoms with van der Waals surface area (Å²) in [6, 6.07) is 0.00246. The highest BCUT2D eigenvalue weighted by Gasteiger charge is 2.41. The van der Waals surface area contributed by atoms with Gasteiger partial charge in [0, 0.05) is 34.0 Å². The van der Waals surface area contributed by atoms with Gasteiger partial charge in [-0.25, -0.2) is 0 Å². The molecule has 2 fully saturated rings. The van der Waals surface area contributed by atoms with Gasteiger partial charge in [-0.2, -0.15) is 0 Å². The first-order valence-electron chi connectivity index (χ1n) is 8.37. The maximum absolute atomic E-state index is 12.0. The number of rotatable bonds is 8. The number of nitrogens with one attached hydrogen (secondary N) is 2. The lowest BCUT2D eigenvalue weighted by Crippen LogP contribution is -2.53. The van der Waals surface area contributed by atoms with Gasteiger partial charge in [0.1, 0.15) is 17.9 Å². The highest BCUT2D eigenvalue weighted by Crippen LogP contribution is 2.25. The molecule has 0 radical (unpaired) electrons. The summed E-state index contributed by atoms with van der Waals surface area (Å²) in [6.45, 7) is 2.25. The zero-order valence-electron chi connectivity index (χ0n) is 14.1. The molecule has 136 valence electrons. The van der Waals surface area contributed by atoms with E-state index >= 15 is 0 Å². The van der Waals surface area contributed by atoms with Crippen molar-refractivity contribution < 1.29 is 28.8 Å². The van der Waals surface area contributed by atoms with Crippen molar-refractivity contribution in [3.8, 4) is 0 Å². The molecule has 0 saturated carbocycles. The van der Waals surface area contributed by atoms with E-state index in [-0.39, 0.29) is 30.1 Å². The molecule has 0 bridgehead atoms. The van der Waals surface area contributed by atoms with Gasteiger partial charge in [0.25, 0.3) is 0 Å². The molecule has 0 aromatic carbocycles. The van der Waals surface area contributed by atoms with Crippen molar-refractivity contribution in [3.05, 3.63) is 11.4 Å². The second-order valence-corrected chi connectivity index (χ2v) is 6.31. The zero-order valence-corrected chi connectivity index (χ0v) is 14.1. The lowest BCUT2D eigenvalue weighted by Gasteiger charge is -2.33. The monoisotopic (exact) mass is 342 g/mol. The number of ether oxygens (including phenoxy) is 4. The average molecular weight is 342 g/mol. The Hall–Kier alpha value is -1.19. The van der Waals surface area contributed by atoms with Gasteiger partial charge in [-0.05, 0) is 12.8 Å². The highest BCUT2D eigenvalue weighted by molar-refractivity contribution is 6.07. The Morgan fingerprint density at radius 2 is 1.96 bits per heavy atom. The normalized spacial score (nSPS) is 36.1. The summed E-state index contributed by atoms with van der Waals surface area (Å²) in [6.07, 6.45) is 0.418. The van der Waals surface area contributed by atoms with Crippen LogP contribution in [0.2, 0.25) is 0 Å². The summed E-state index contributed by atoms with van der Waals surface area (Å²) in [4.78, 5) is 12.0. The van der Waals surface area contributed by atoms with Gasteiger partial charge in [-0.15, -0.1) is 0 Å². The molecular weight excluding hydrogens is 316 g/mol. The Morgan fingerprint density at radius 1 is 1.21 bits per heavy atom. The number of carbonyl (C=O) groups excluding carboxylic acids is 1. The average Bonchev–Trinajstić information content (AvgIpc) is 3.23. The highest BCUT2D eigenvalue weighted by atomic mass is 16.5. The molecule has 5 atom stereocenters. The van der Waals surface area contributed by atoms with Crippen LogP contribution in [0.25, 0.3) is 0 Å². The number of carbonyl (C=O) groups is 1. The van der Waals surface area contributed by atoms with Gasteiger partial charge >= 0.3 is 0 Å². The molecule has 1 aliphatic carbocycles. The van der Waals surface area contributed by atoms with E-state index in [4.69, 9.17) is 18.9 Å². The van der Waals surface area contributed by atoms with Crippen LogP contribution in [-0.2, 0) is 23.7 Å². The van der Waals surface area contributed by atoms with Crippen LogP contribution < -0.4 is 10.6 Å². The summed E-state index contributed by atoms with van der Waals surface area (Å²) in [5.41, 5.74) is 0.958. The van der Waals surface area contributed by atoms with Crippen LogP contribution in [0.5, 0.6) is 0 Å². The van der Waals surface area contributed by atoms with Crippen molar-refractivity contribution in [1.82, 2.24) is 10.6 Å². The Morgan fingerprint density at radius 3 is 2.71 bits per heavy atom. The van der Waals surface area contributed by atoms with Crippen molar-refractivity contribution in [1.29, 1.82) is 0 Å². The van der Waals surface area contributed by atoms with Crippen LogP contribution in [0.3, 0.4) is 0 Å². The van der Waals surface area contributed by atoms with E-state index in [1.807, 2.05) is 0 Å². The predicted octanol–water partition coefficient (Wildman–Crippen LogP) is -1.07. The maximum atomic E-state index is 12.0. The van der Waals surface area contributed by atoms with Crippen LogP contribution in [0.1, 0.15) is 12.8 Å². The van der Waals surface area contributed by atoms with E-state index < -0.39 is 6.10 Å². The van der Waals surface area contributed by atoms with E-state index in [0.29, 0.717) is 37.8 Å². The first kappa shape index (κ1) is 17.6. The summed E-state index contributed by atoms with van der Waals surface area (Å²) in [5, 5.41) is 16.3. The molecule has 0 aromatic heterocycles. The second-order valence-electron chi connectivity index (χ2n) is 6.31. The first-order chi connectivity index (χ1) is 11.7. The van der Waals surface area contributed by atoms with E-state index in [0.717, 1.165) is 12.8 Å². The van der Waals surface area contributed by atoms with Crippen molar-refractivity contribution in [2.75, 3.05) is 40.6 Å². The molecule has 0 amide bonds. The summed E-state index contributed by atoms with van der Waals surface area (Å²) >= 11 is 0. The van der Waals surface area contributed by atoms with Crippen LogP contribution in [0.15, 0.2) is 11.4 Å². The molecular formula is C16H26N2O6. The number of hydrogen-bond acceptors (Lipinski definition) is 8. The van der Waals surface area contributed by atoms with Crippen molar-refractivity contribution in [2.45, 2.75) is 43.3 Å². The minimum Gasteiger partial charge on any atom is -0.382 e. The number of aliphatic hydroxyl groups excluding tert-OH is 1.